The van der Waals surface area contributed by atoms with Gasteiger partial charge in [0.2, 0.25) is 0 Å². The third-order valence-corrected chi connectivity index (χ3v) is 2.13. The van der Waals surface area contributed by atoms with Gasteiger partial charge in [0, 0.05) is 6.54 Å². The lowest BCUT2D eigenvalue weighted by Crippen LogP contribution is -2.13. The van der Waals surface area contributed by atoms with Crippen molar-refractivity contribution in [2.75, 3.05) is 19.7 Å². The average molecular weight is 181 g/mol. The van der Waals surface area contributed by atoms with Crippen molar-refractivity contribution in [1.82, 2.24) is 5.32 Å². The van der Waals surface area contributed by atoms with E-state index in [9.17, 15) is 4.57 Å². The number of rotatable bonds is 3. The highest BCUT2D eigenvalue weighted by molar-refractivity contribution is 7.46. The zero-order valence-electron chi connectivity index (χ0n) is 6.06. The molecule has 0 radical (unpaired) electrons. The second-order valence-electron chi connectivity index (χ2n) is 2.65. The molecule has 1 heterocycles. The highest BCUT2D eigenvalue weighted by atomic mass is 31.2. The van der Waals surface area contributed by atoms with Crippen LogP contribution in [0.3, 0.4) is 0 Å². The van der Waals surface area contributed by atoms with Crippen LogP contribution < -0.4 is 5.32 Å². The van der Waals surface area contributed by atoms with Gasteiger partial charge in [0.1, 0.15) is 0 Å². The van der Waals surface area contributed by atoms with E-state index in [0.29, 0.717) is 0 Å². The molecule has 0 aromatic rings. The zero-order chi connectivity index (χ0) is 8.32. The minimum atomic E-state index is -4.25. The summed E-state index contributed by atoms with van der Waals surface area (Å²) in [6, 6.07) is 0. The second-order valence-corrected chi connectivity index (χ2v) is 3.88. The van der Waals surface area contributed by atoms with Gasteiger partial charge in [-0.3, -0.25) is 4.52 Å². The minimum Gasteiger partial charge on any atom is -0.316 e. The van der Waals surface area contributed by atoms with Crippen molar-refractivity contribution in [3.8, 4) is 0 Å². The van der Waals surface area contributed by atoms with Crippen molar-refractivity contribution in [2.45, 2.75) is 6.42 Å². The number of nitrogens with one attached hydrogen (secondary N) is 1. The molecule has 11 heavy (non-hydrogen) atoms. The smallest absolute Gasteiger partial charge is 0.316 e. The fraction of sp³-hybridized carbons (Fsp3) is 1.00. The number of phosphoric ester groups is 1. The fourth-order valence-corrected chi connectivity index (χ4v) is 1.46. The third-order valence-electron chi connectivity index (χ3n) is 1.64. The summed E-state index contributed by atoms with van der Waals surface area (Å²) in [5.41, 5.74) is 0. The molecular weight excluding hydrogens is 169 g/mol. The first-order valence-electron chi connectivity index (χ1n) is 3.49. The molecule has 1 fully saturated rings. The SMILES string of the molecule is O=P(O)(O)OCC1CCNC1. The van der Waals surface area contributed by atoms with Crippen LogP contribution in [0.1, 0.15) is 6.42 Å². The van der Waals surface area contributed by atoms with Gasteiger partial charge in [-0.25, -0.2) is 4.57 Å². The maximum absolute atomic E-state index is 10.2. The summed E-state index contributed by atoms with van der Waals surface area (Å²) in [5, 5.41) is 3.08. The summed E-state index contributed by atoms with van der Waals surface area (Å²) >= 11 is 0. The van der Waals surface area contributed by atoms with Crippen molar-refractivity contribution in [3.05, 3.63) is 0 Å². The van der Waals surface area contributed by atoms with Crippen LogP contribution in [-0.4, -0.2) is 29.5 Å². The van der Waals surface area contributed by atoms with E-state index in [1.807, 2.05) is 0 Å². The molecule has 6 heteroatoms. The molecule has 1 aliphatic rings. The summed E-state index contributed by atoms with van der Waals surface area (Å²) < 4.78 is 14.6. The van der Waals surface area contributed by atoms with Gasteiger partial charge < -0.3 is 15.1 Å². The first-order valence-corrected chi connectivity index (χ1v) is 5.02. The molecule has 1 aliphatic heterocycles. The van der Waals surface area contributed by atoms with Gasteiger partial charge in [-0.15, -0.1) is 0 Å². The summed E-state index contributed by atoms with van der Waals surface area (Å²) in [5.74, 6) is 0.252. The topological polar surface area (TPSA) is 78.8 Å². The van der Waals surface area contributed by atoms with Gasteiger partial charge in [0.05, 0.1) is 6.61 Å². The van der Waals surface area contributed by atoms with E-state index < -0.39 is 7.82 Å². The largest absolute Gasteiger partial charge is 0.469 e. The van der Waals surface area contributed by atoms with Gasteiger partial charge in [-0.05, 0) is 18.9 Å². The summed E-state index contributed by atoms with van der Waals surface area (Å²) in [4.78, 5) is 16.7. The molecule has 1 unspecified atom stereocenters. The summed E-state index contributed by atoms with van der Waals surface area (Å²) in [7, 11) is -4.25. The van der Waals surface area contributed by atoms with Gasteiger partial charge in [0.25, 0.3) is 0 Å². The molecule has 0 aromatic carbocycles. The lowest BCUT2D eigenvalue weighted by Gasteiger charge is -2.08. The monoisotopic (exact) mass is 181 g/mol. The molecule has 66 valence electrons. The normalized spacial score (nSPS) is 25.8. The Kier molecular flexibility index (Phi) is 3.04. The predicted octanol–water partition coefficient (Wildman–Crippen LogP) is -0.295. The number of hydrogen-bond donors (Lipinski definition) is 3. The van der Waals surface area contributed by atoms with Gasteiger partial charge >= 0.3 is 7.82 Å². The van der Waals surface area contributed by atoms with E-state index in [0.717, 1.165) is 19.5 Å². The highest BCUT2D eigenvalue weighted by Gasteiger charge is 2.20. The Morgan fingerprint density at radius 1 is 1.64 bits per heavy atom. The van der Waals surface area contributed by atoms with Gasteiger partial charge in [-0.1, -0.05) is 0 Å². The zero-order valence-corrected chi connectivity index (χ0v) is 6.96. The molecule has 5 nitrogen and oxygen atoms in total. The van der Waals surface area contributed by atoms with E-state index >= 15 is 0 Å². The predicted molar refractivity (Wildman–Crippen MR) is 39.0 cm³/mol. The van der Waals surface area contributed by atoms with Crippen molar-refractivity contribution in [1.29, 1.82) is 0 Å². The molecule has 0 aromatic heterocycles. The van der Waals surface area contributed by atoms with Crippen molar-refractivity contribution in [3.63, 3.8) is 0 Å². The Hall–Kier alpha value is 0.0700. The minimum absolute atomic E-state index is 0.150. The van der Waals surface area contributed by atoms with Crippen LogP contribution in [0.5, 0.6) is 0 Å². The first-order chi connectivity index (χ1) is 5.08. The quantitative estimate of drug-likeness (QED) is 0.521. The van der Waals surface area contributed by atoms with E-state index in [4.69, 9.17) is 9.79 Å². The molecule has 3 N–H and O–H groups in total. The number of hydrogen-bond acceptors (Lipinski definition) is 3. The van der Waals surface area contributed by atoms with Crippen molar-refractivity contribution < 1.29 is 18.9 Å². The molecule has 0 aliphatic carbocycles. The summed E-state index contributed by atoms with van der Waals surface area (Å²) in [6.45, 7) is 1.85. The van der Waals surface area contributed by atoms with E-state index in [1.54, 1.807) is 0 Å². The first kappa shape index (κ1) is 9.16. The van der Waals surface area contributed by atoms with Crippen molar-refractivity contribution >= 4 is 7.82 Å². The second kappa shape index (κ2) is 3.65. The Morgan fingerprint density at radius 3 is 2.82 bits per heavy atom. The molecule has 1 saturated heterocycles. The molecule has 0 saturated carbocycles. The van der Waals surface area contributed by atoms with Gasteiger partial charge in [-0.2, -0.15) is 0 Å². The molecule has 0 spiro atoms. The average Bonchev–Trinajstić information content (AvgIpc) is 2.32. The van der Waals surface area contributed by atoms with Crippen LogP contribution in [0, 0.1) is 5.92 Å². The van der Waals surface area contributed by atoms with Crippen molar-refractivity contribution in [2.24, 2.45) is 5.92 Å². The van der Waals surface area contributed by atoms with Crippen LogP contribution in [0.2, 0.25) is 0 Å². The molecule has 0 bridgehead atoms. The number of phosphoric acid groups is 1. The van der Waals surface area contributed by atoms with E-state index in [2.05, 4.69) is 9.84 Å². The Balaban J connectivity index is 2.16. The Bertz CT molecular complexity index is 162. The Labute approximate surface area is 65.0 Å². The summed E-state index contributed by atoms with van der Waals surface area (Å²) in [6.07, 6.45) is 0.931. The molecule has 1 atom stereocenters. The maximum Gasteiger partial charge on any atom is 0.469 e. The van der Waals surface area contributed by atoms with Crippen LogP contribution in [0.15, 0.2) is 0 Å². The standard InChI is InChI=1S/C5H12NO4P/c7-11(8,9)10-4-5-1-2-6-3-5/h5-6H,1-4H2,(H2,7,8,9). The van der Waals surface area contributed by atoms with Crippen LogP contribution in [-0.2, 0) is 9.09 Å². The molecule has 0 amide bonds. The van der Waals surface area contributed by atoms with Gasteiger partial charge in [0.15, 0.2) is 0 Å². The molecule has 1 rings (SSSR count). The third kappa shape index (κ3) is 3.84. The fourth-order valence-electron chi connectivity index (χ4n) is 1.06. The van der Waals surface area contributed by atoms with E-state index in [1.165, 1.54) is 0 Å². The lowest BCUT2D eigenvalue weighted by atomic mass is 10.1. The van der Waals surface area contributed by atoms with Crippen LogP contribution in [0.4, 0.5) is 0 Å². The van der Waals surface area contributed by atoms with E-state index in [-0.39, 0.29) is 12.5 Å². The van der Waals surface area contributed by atoms with Crippen LogP contribution in [0.25, 0.3) is 0 Å². The highest BCUT2D eigenvalue weighted by Crippen LogP contribution is 2.36. The molecular formula is C5H12NO4P. The lowest BCUT2D eigenvalue weighted by molar-refractivity contribution is 0.173. The van der Waals surface area contributed by atoms with Crippen LogP contribution >= 0.6 is 7.82 Å². The maximum atomic E-state index is 10.2. The Morgan fingerprint density at radius 2 is 2.36 bits per heavy atom.